The van der Waals surface area contributed by atoms with Crippen LogP contribution in [-0.4, -0.2) is 17.1 Å². The van der Waals surface area contributed by atoms with Crippen molar-refractivity contribution >= 4 is 22.5 Å². The third kappa shape index (κ3) is 4.43. The second kappa shape index (κ2) is 8.75. The molecule has 4 aromatic rings. The van der Waals surface area contributed by atoms with Gasteiger partial charge in [-0.1, -0.05) is 18.2 Å². The lowest BCUT2D eigenvalue weighted by molar-refractivity contribution is 0.102. The minimum atomic E-state index is -0.339. The molecule has 1 aromatic heterocycles. The van der Waals surface area contributed by atoms with Gasteiger partial charge in [-0.25, -0.2) is 0 Å². The summed E-state index contributed by atoms with van der Waals surface area (Å²) in [5.41, 5.74) is 1.42. The zero-order valence-electron chi connectivity index (χ0n) is 17.3. The number of aryl methyl sites for hydroxylation is 1. The lowest BCUT2D eigenvalue weighted by Crippen LogP contribution is -2.21. The molecule has 0 saturated carbocycles. The average molecular weight is 414 g/mol. The van der Waals surface area contributed by atoms with Crippen molar-refractivity contribution < 1.29 is 14.3 Å². The van der Waals surface area contributed by atoms with Gasteiger partial charge in [-0.2, -0.15) is 0 Å². The van der Waals surface area contributed by atoms with Crippen LogP contribution in [0.15, 0.2) is 83.7 Å². The zero-order chi connectivity index (χ0) is 21.8. The molecular formula is C25H22N2O4. The van der Waals surface area contributed by atoms with Gasteiger partial charge in [0.15, 0.2) is 0 Å². The Morgan fingerprint density at radius 1 is 0.903 bits per heavy atom. The first-order valence-corrected chi connectivity index (χ1v) is 9.96. The number of carbonyl (C=O) groups excluding carboxylic acids is 1. The molecular weight excluding hydrogens is 392 g/mol. The van der Waals surface area contributed by atoms with Crippen molar-refractivity contribution in [3.8, 4) is 17.2 Å². The topological polar surface area (TPSA) is 69.6 Å². The number of nitrogens with zero attached hydrogens (tertiary/aromatic N) is 1. The monoisotopic (exact) mass is 414 g/mol. The molecule has 0 aliphatic heterocycles. The number of nitrogens with one attached hydrogen (secondary N) is 1. The van der Waals surface area contributed by atoms with E-state index >= 15 is 0 Å². The number of fused-ring (bicyclic) bond motifs is 1. The maximum atomic E-state index is 12.9. The number of anilines is 1. The van der Waals surface area contributed by atoms with Crippen molar-refractivity contribution in [3.63, 3.8) is 0 Å². The van der Waals surface area contributed by atoms with E-state index in [0.717, 1.165) is 11.1 Å². The van der Waals surface area contributed by atoms with Gasteiger partial charge in [0.25, 0.3) is 11.5 Å². The van der Waals surface area contributed by atoms with Crippen molar-refractivity contribution in [2.45, 2.75) is 6.92 Å². The van der Waals surface area contributed by atoms with Crippen molar-refractivity contribution in [2.24, 2.45) is 7.05 Å². The van der Waals surface area contributed by atoms with E-state index in [1.165, 1.54) is 10.6 Å². The highest BCUT2D eigenvalue weighted by Crippen LogP contribution is 2.25. The second-order valence-electron chi connectivity index (χ2n) is 6.96. The predicted molar refractivity (Wildman–Crippen MR) is 121 cm³/mol. The molecule has 0 atom stereocenters. The van der Waals surface area contributed by atoms with Gasteiger partial charge < -0.3 is 19.4 Å². The fourth-order valence-electron chi connectivity index (χ4n) is 3.31. The van der Waals surface area contributed by atoms with Crippen LogP contribution >= 0.6 is 0 Å². The first-order valence-electron chi connectivity index (χ1n) is 9.96. The number of amides is 1. The van der Waals surface area contributed by atoms with Gasteiger partial charge in [0.05, 0.1) is 17.7 Å². The van der Waals surface area contributed by atoms with Gasteiger partial charge in [0, 0.05) is 24.2 Å². The van der Waals surface area contributed by atoms with Crippen LogP contribution in [0.5, 0.6) is 17.2 Å². The number of benzene rings is 3. The number of rotatable bonds is 6. The molecule has 4 rings (SSSR count). The van der Waals surface area contributed by atoms with E-state index in [1.807, 2.05) is 55.5 Å². The molecule has 0 unspecified atom stereocenters. The standard InChI is InChI=1S/C25H22N2O4/c1-3-30-18-12-14-20(15-13-18)31-19-10-8-17(9-11-19)26-25(29)22-16-24(28)27(2)23-7-5-4-6-21(22)23/h4-16H,3H2,1-2H3,(H,26,29). The van der Waals surface area contributed by atoms with Gasteiger partial charge in [-0.15, -0.1) is 0 Å². The van der Waals surface area contributed by atoms with Crippen LogP contribution in [0.4, 0.5) is 5.69 Å². The van der Waals surface area contributed by atoms with Gasteiger partial charge in [-0.3, -0.25) is 9.59 Å². The molecule has 0 aliphatic carbocycles. The number of aromatic nitrogens is 1. The molecule has 0 bridgehead atoms. The van der Waals surface area contributed by atoms with E-state index in [0.29, 0.717) is 34.9 Å². The van der Waals surface area contributed by atoms with Crippen LogP contribution in [0.2, 0.25) is 0 Å². The summed E-state index contributed by atoms with van der Waals surface area (Å²) in [5.74, 6) is 1.78. The van der Waals surface area contributed by atoms with E-state index < -0.39 is 0 Å². The average Bonchev–Trinajstić information content (AvgIpc) is 2.79. The molecule has 1 heterocycles. The highest BCUT2D eigenvalue weighted by atomic mass is 16.5. The Bertz CT molecular complexity index is 1280. The number of para-hydroxylation sites is 1. The number of hydrogen-bond donors (Lipinski definition) is 1. The molecule has 0 aliphatic rings. The molecule has 1 amide bonds. The Morgan fingerprint density at radius 2 is 1.52 bits per heavy atom. The summed E-state index contributed by atoms with van der Waals surface area (Å²) in [6.45, 7) is 2.55. The Hall–Kier alpha value is -4.06. The quantitative estimate of drug-likeness (QED) is 0.483. The van der Waals surface area contributed by atoms with E-state index in [2.05, 4.69) is 5.32 Å². The third-order valence-corrected chi connectivity index (χ3v) is 4.88. The maximum Gasteiger partial charge on any atom is 0.256 e. The summed E-state index contributed by atoms with van der Waals surface area (Å²) < 4.78 is 12.8. The molecule has 3 aromatic carbocycles. The Morgan fingerprint density at radius 3 is 2.19 bits per heavy atom. The third-order valence-electron chi connectivity index (χ3n) is 4.88. The number of pyridine rings is 1. The largest absolute Gasteiger partial charge is 0.494 e. The molecule has 0 radical (unpaired) electrons. The maximum absolute atomic E-state index is 12.9. The molecule has 0 fully saturated rings. The van der Waals surface area contributed by atoms with E-state index in [4.69, 9.17) is 9.47 Å². The smallest absolute Gasteiger partial charge is 0.256 e. The normalized spacial score (nSPS) is 10.6. The van der Waals surface area contributed by atoms with E-state index in [1.54, 1.807) is 31.3 Å². The fraction of sp³-hybridized carbons (Fsp3) is 0.120. The summed E-state index contributed by atoms with van der Waals surface area (Å²) in [7, 11) is 1.69. The van der Waals surface area contributed by atoms with Crippen molar-refractivity contribution in [3.05, 3.63) is 94.8 Å². The van der Waals surface area contributed by atoms with Crippen molar-refractivity contribution in [1.82, 2.24) is 4.57 Å². The fourth-order valence-corrected chi connectivity index (χ4v) is 3.31. The minimum absolute atomic E-state index is 0.233. The Kier molecular flexibility index (Phi) is 5.71. The molecule has 6 heteroatoms. The van der Waals surface area contributed by atoms with Gasteiger partial charge in [0.2, 0.25) is 0 Å². The van der Waals surface area contributed by atoms with E-state index in [-0.39, 0.29) is 11.5 Å². The molecule has 6 nitrogen and oxygen atoms in total. The lowest BCUT2D eigenvalue weighted by atomic mass is 10.1. The molecule has 0 saturated heterocycles. The van der Waals surface area contributed by atoms with Crippen LogP contribution in [0, 0.1) is 0 Å². The summed E-state index contributed by atoms with van der Waals surface area (Å²) in [5, 5.41) is 3.57. The molecule has 156 valence electrons. The van der Waals surface area contributed by atoms with Crippen LogP contribution < -0.4 is 20.3 Å². The summed E-state index contributed by atoms with van der Waals surface area (Å²) in [6, 6.07) is 23.1. The van der Waals surface area contributed by atoms with Gasteiger partial charge in [-0.05, 0) is 61.5 Å². The molecule has 0 spiro atoms. The molecule has 31 heavy (non-hydrogen) atoms. The first-order chi connectivity index (χ1) is 15.0. The van der Waals surface area contributed by atoms with Gasteiger partial charge >= 0.3 is 0 Å². The first kappa shape index (κ1) is 20.2. The van der Waals surface area contributed by atoms with Crippen LogP contribution in [0.1, 0.15) is 17.3 Å². The van der Waals surface area contributed by atoms with Crippen LogP contribution in [0.3, 0.4) is 0 Å². The molecule has 1 N–H and O–H groups in total. The van der Waals surface area contributed by atoms with E-state index in [9.17, 15) is 9.59 Å². The highest BCUT2D eigenvalue weighted by Gasteiger charge is 2.13. The SMILES string of the molecule is CCOc1ccc(Oc2ccc(NC(=O)c3cc(=O)n(C)c4ccccc34)cc2)cc1. The number of carbonyl (C=O) groups is 1. The summed E-state index contributed by atoms with van der Waals surface area (Å²) >= 11 is 0. The van der Waals surface area contributed by atoms with Crippen LogP contribution in [0.25, 0.3) is 10.9 Å². The lowest BCUT2D eigenvalue weighted by Gasteiger charge is -2.11. The van der Waals surface area contributed by atoms with Crippen molar-refractivity contribution in [1.29, 1.82) is 0 Å². The highest BCUT2D eigenvalue weighted by molar-refractivity contribution is 6.12. The minimum Gasteiger partial charge on any atom is -0.494 e. The number of hydrogen-bond acceptors (Lipinski definition) is 4. The van der Waals surface area contributed by atoms with Crippen LogP contribution in [-0.2, 0) is 7.05 Å². The predicted octanol–water partition coefficient (Wildman–Crippen LogP) is 4.98. The van der Waals surface area contributed by atoms with Gasteiger partial charge in [0.1, 0.15) is 17.2 Å². The zero-order valence-corrected chi connectivity index (χ0v) is 17.3. The Balaban J connectivity index is 1.49. The Labute approximate surface area is 179 Å². The summed E-state index contributed by atoms with van der Waals surface area (Å²) in [6.07, 6.45) is 0. The second-order valence-corrected chi connectivity index (χ2v) is 6.96. The summed E-state index contributed by atoms with van der Waals surface area (Å²) in [4.78, 5) is 25.1. The van der Waals surface area contributed by atoms with Crippen molar-refractivity contribution in [2.75, 3.05) is 11.9 Å². The number of ether oxygens (including phenoxy) is 2.